The van der Waals surface area contributed by atoms with Gasteiger partial charge in [0.25, 0.3) is 0 Å². The summed E-state index contributed by atoms with van der Waals surface area (Å²) >= 11 is 0. The van der Waals surface area contributed by atoms with Crippen molar-refractivity contribution in [3.05, 3.63) is 0 Å². The minimum atomic E-state index is -0.0123. The van der Waals surface area contributed by atoms with Crippen LogP contribution in [-0.4, -0.2) is 45.4 Å². The highest BCUT2D eigenvalue weighted by molar-refractivity contribution is 5.75. The van der Waals surface area contributed by atoms with E-state index in [9.17, 15) is 4.79 Å². The number of hydrogen-bond donors (Lipinski definition) is 2. The van der Waals surface area contributed by atoms with Crippen molar-refractivity contribution in [2.75, 3.05) is 39.5 Å². The van der Waals surface area contributed by atoms with Gasteiger partial charge in [-0.05, 0) is 6.92 Å². The molecule has 0 aliphatic carbocycles. The Balaban J connectivity index is 0. The zero-order valence-corrected chi connectivity index (χ0v) is 10.8. The van der Waals surface area contributed by atoms with Crippen molar-refractivity contribution < 1.29 is 14.3 Å². The molecule has 0 radical (unpaired) electrons. The number of nitrogens with one attached hydrogen (secondary N) is 1. The molecule has 0 saturated carbocycles. The lowest BCUT2D eigenvalue weighted by Gasteiger charge is -2.05. The van der Waals surface area contributed by atoms with Crippen LogP contribution in [0.3, 0.4) is 0 Å². The van der Waals surface area contributed by atoms with E-state index in [1.165, 1.54) is 0 Å². The lowest BCUT2D eigenvalue weighted by molar-refractivity contribution is -0.122. The van der Waals surface area contributed by atoms with Crippen LogP contribution in [0.5, 0.6) is 0 Å². The summed E-state index contributed by atoms with van der Waals surface area (Å²) in [4.78, 5) is 11.1. The van der Waals surface area contributed by atoms with E-state index in [4.69, 9.17) is 15.2 Å². The molecule has 5 nitrogen and oxygen atoms in total. The van der Waals surface area contributed by atoms with Gasteiger partial charge in [0, 0.05) is 26.1 Å². The summed E-state index contributed by atoms with van der Waals surface area (Å²) in [7, 11) is 0. The van der Waals surface area contributed by atoms with E-state index in [0.29, 0.717) is 45.9 Å². The fourth-order valence-corrected chi connectivity index (χ4v) is 0.846. The fraction of sp³-hybridized carbons (Fsp3) is 0.909. The normalized spacial score (nSPS) is 9.25. The van der Waals surface area contributed by atoms with Crippen LogP contribution in [0, 0.1) is 0 Å². The Morgan fingerprint density at radius 2 is 1.88 bits per heavy atom. The molecule has 0 aliphatic rings. The molecule has 0 aromatic carbocycles. The highest BCUT2D eigenvalue weighted by Gasteiger charge is 1.99. The summed E-state index contributed by atoms with van der Waals surface area (Å²) in [5.41, 5.74) is 5.22. The average Bonchev–Trinajstić information content (AvgIpc) is 2.33. The third-order valence-electron chi connectivity index (χ3n) is 1.51. The first-order valence-corrected chi connectivity index (χ1v) is 5.93. The van der Waals surface area contributed by atoms with Gasteiger partial charge < -0.3 is 20.5 Å². The van der Waals surface area contributed by atoms with E-state index < -0.39 is 0 Å². The molecule has 0 aromatic heterocycles. The number of nitrogens with two attached hydrogens (primary N) is 1. The third kappa shape index (κ3) is 15.8. The van der Waals surface area contributed by atoms with Crippen LogP contribution in [0.1, 0.15) is 27.2 Å². The van der Waals surface area contributed by atoms with E-state index in [1.54, 1.807) is 0 Å². The van der Waals surface area contributed by atoms with Gasteiger partial charge in [0.15, 0.2) is 0 Å². The molecule has 0 bridgehead atoms. The van der Waals surface area contributed by atoms with E-state index in [2.05, 4.69) is 5.32 Å². The van der Waals surface area contributed by atoms with Crippen molar-refractivity contribution >= 4 is 5.91 Å². The number of amides is 1. The van der Waals surface area contributed by atoms with Gasteiger partial charge in [-0.25, -0.2) is 0 Å². The third-order valence-corrected chi connectivity index (χ3v) is 1.51. The van der Waals surface area contributed by atoms with Crippen molar-refractivity contribution in [1.29, 1.82) is 0 Å². The Labute approximate surface area is 98.7 Å². The first-order chi connectivity index (χ1) is 7.81. The van der Waals surface area contributed by atoms with Crippen molar-refractivity contribution in [3.8, 4) is 0 Å². The largest absolute Gasteiger partial charge is 0.380 e. The first kappa shape index (κ1) is 17.7. The quantitative estimate of drug-likeness (QED) is 0.571. The standard InChI is InChI=1S/C9H20N2O3.C2H6/c1-2-13-8-5-11-9(12)3-6-14-7-4-10;1-2/h2-8,10H2,1H3,(H,11,12);1-2H3. The van der Waals surface area contributed by atoms with Gasteiger partial charge in [0.05, 0.1) is 19.8 Å². The lowest BCUT2D eigenvalue weighted by Crippen LogP contribution is -2.28. The molecule has 0 atom stereocenters. The van der Waals surface area contributed by atoms with Gasteiger partial charge in [-0.2, -0.15) is 0 Å². The van der Waals surface area contributed by atoms with E-state index in [-0.39, 0.29) is 5.91 Å². The molecule has 0 heterocycles. The SMILES string of the molecule is CC.CCOCCNC(=O)CCOCCN. The van der Waals surface area contributed by atoms with Crippen LogP contribution in [0.15, 0.2) is 0 Å². The van der Waals surface area contributed by atoms with Gasteiger partial charge in [-0.3, -0.25) is 4.79 Å². The maximum absolute atomic E-state index is 11.1. The van der Waals surface area contributed by atoms with E-state index in [1.807, 2.05) is 20.8 Å². The number of ether oxygens (including phenoxy) is 2. The fourth-order valence-electron chi connectivity index (χ4n) is 0.846. The Hall–Kier alpha value is -0.650. The summed E-state index contributed by atoms with van der Waals surface area (Å²) in [5, 5.41) is 2.72. The van der Waals surface area contributed by atoms with Crippen molar-refractivity contribution in [2.45, 2.75) is 27.2 Å². The van der Waals surface area contributed by atoms with Crippen LogP contribution in [-0.2, 0) is 14.3 Å². The van der Waals surface area contributed by atoms with E-state index in [0.717, 1.165) is 0 Å². The van der Waals surface area contributed by atoms with Gasteiger partial charge in [-0.15, -0.1) is 0 Å². The molecule has 0 spiro atoms. The maximum Gasteiger partial charge on any atom is 0.222 e. The first-order valence-electron chi connectivity index (χ1n) is 5.93. The van der Waals surface area contributed by atoms with E-state index >= 15 is 0 Å². The van der Waals surface area contributed by atoms with Crippen LogP contribution >= 0.6 is 0 Å². The molecule has 0 unspecified atom stereocenters. The zero-order valence-electron chi connectivity index (χ0n) is 10.8. The number of carbonyl (C=O) groups is 1. The number of carbonyl (C=O) groups excluding carboxylic acids is 1. The Morgan fingerprint density at radius 1 is 1.19 bits per heavy atom. The molecule has 98 valence electrons. The van der Waals surface area contributed by atoms with Gasteiger partial charge >= 0.3 is 0 Å². The Kier molecular flexibility index (Phi) is 18.6. The second-order valence-electron chi connectivity index (χ2n) is 2.70. The topological polar surface area (TPSA) is 73.6 Å². The summed E-state index contributed by atoms with van der Waals surface area (Å²) < 4.78 is 10.1. The summed E-state index contributed by atoms with van der Waals surface area (Å²) in [6.07, 6.45) is 0.381. The monoisotopic (exact) mass is 234 g/mol. The maximum atomic E-state index is 11.1. The Bertz CT molecular complexity index is 129. The highest BCUT2D eigenvalue weighted by atomic mass is 16.5. The van der Waals surface area contributed by atoms with Crippen molar-refractivity contribution in [3.63, 3.8) is 0 Å². The minimum absolute atomic E-state index is 0.0123. The molecule has 0 rings (SSSR count). The van der Waals surface area contributed by atoms with Crippen molar-refractivity contribution in [1.82, 2.24) is 5.32 Å². The summed E-state index contributed by atoms with van der Waals surface area (Å²) in [5.74, 6) is -0.0123. The van der Waals surface area contributed by atoms with Crippen LogP contribution < -0.4 is 11.1 Å². The van der Waals surface area contributed by atoms with Gasteiger partial charge in [0.1, 0.15) is 0 Å². The molecular weight excluding hydrogens is 208 g/mol. The summed E-state index contributed by atoms with van der Waals surface area (Å²) in [6, 6.07) is 0. The summed E-state index contributed by atoms with van der Waals surface area (Å²) in [6.45, 7) is 9.14. The number of hydrogen-bond acceptors (Lipinski definition) is 4. The molecule has 5 heteroatoms. The molecule has 16 heavy (non-hydrogen) atoms. The smallest absolute Gasteiger partial charge is 0.222 e. The Morgan fingerprint density at radius 3 is 2.44 bits per heavy atom. The number of rotatable bonds is 9. The second-order valence-corrected chi connectivity index (χ2v) is 2.70. The minimum Gasteiger partial charge on any atom is -0.380 e. The predicted octanol–water partition coefficient (Wildman–Crippen LogP) is 0.531. The molecule has 3 N–H and O–H groups in total. The molecule has 1 amide bonds. The van der Waals surface area contributed by atoms with Crippen LogP contribution in [0.25, 0.3) is 0 Å². The molecule has 0 fully saturated rings. The lowest BCUT2D eigenvalue weighted by atomic mass is 10.4. The van der Waals surface area contributed by atoms with Gasteiger partial charge in [0.2, 0.25) is 5.91 Å². The molecule has 0 aromatic rings. The van der Waals surface area contributed by atoms with Crippen LogP contribution in [0.2, 0.25) is 0 Å². The second kappa shape index (κ2) is 16.8. The highest BCUT2D eigenvalue weighted by Crippen LogP contribution is 1.82. The zero-order chi connectivity index (χ0) is 12.6. The predicted molar refractivity (Wildman–Crippen MR) is 65.3 cm³/mol. The van der Waals surface area contributed by atoms with Crippen LogP contribution in [0.4, 0.5) is 0 Å². The van der Waals surface area contributed by atoms with Crippen molar-refractivity contribution in [2.24, 2.45) is 5.73 Å². The molecular formula is C11H26N2O3. The molecule has 0 saturated heterocycles. The van der Waals surface area contributed by atoms with Gasteiger partial charge in [-0.1, -0.05) is 13.8 Å². The average molecular weight is 234 g/mol. The molecule has 0 aliphatic heterocycles.